The Morgan fingerprint density at radius 2 is 2.41 bits per heavy atom. The lowest BCUT2D eigenvalue weighted by Crippen LogP contribution is -2.51. The average Bonchev–Trinajstić information content (AvgIpc) is 2.70. The first kappa shape index (κ1) is 14.0. The second kappa shape index (κ2) is 6.58. The van der Waals surface area contributed by atoms with Crippen LogP contribution in [0, 0.1) is 0 Å². The zero-order valence-electron chi connectivity index (χ0n) is 10.0. The molecule has 0 aliphatic rings. The summed E-state index contributed by atoms with van der Waals surface area (Å²) in [5.74, 6) is 0. The van der Waals surface area contributed by atoms with Crippen molar-refractivity contribution < 1.29 is 14.6 Å². The molecule has 1 heterocycles. The van der Waals surface area contributed by atoms with E-state index < -0.39 is 5.54 Å². The first-order valence-corrected chi connectivity index (χ1v) is 6.25. The number of amides is 2. The summed E-state index contributed by atoms with van der Waals surface area (Å²) in [7, 11) is 1.56. The van der Waals surface area contributed by atoms with Gasteiger partial charge in [0.25, 0.3) is 0 Å². The molecule has 96 valence electrons. The van der Waals surface area contributed by atoms with Gasteiger partial charge in [-0.1, -0.05) is 0 Å². The number of anilines is 1. The van der Waals surface area contributed by atoms with Gasteiger partial charge in [0.2, 0.25) is 0 Å². The minimum absolute atomic E-state index is 0.00140. The van der Waals surface area contributed by atoms with Gasteiger partial charge in [0.15, 0.2) is 0 Å². The van der Waals surface area contributed by atoms with Gasteiger partial charge in [-0.15, -0.1) is 0 Å². The summed E-state index contributed by atoms with van der Waals surface area (Å²) >= 11 is 1.51. The molecule has 0 spiro atoms. The highest BCUT2D eigenvalue weighted by atomic mass is 32.1. The van der Waals surface area contributed by atoms with Gasteiger partial charge in [-0.2, -0.15) is 11.3 Å². The molecule has 5 nitrogen and oxygen atoms in total. The van der Waals surface area contributed by atoms with Crippen molar-refractivity contribution >= 4 is 23.1 Å². The number of aliphatic hydroxyl groups excluding tert-OH is 1. The minimum Gasteiger partial charge on any atom is -0.396 e. The number of aliphatic hydroxyl groups is 1. The predicted octanol–water partition coefficient (Wildman–Crippen LogP) is 1.66. The van der Waals surface area contributed by atoms with Gasteiger partial charge in [0, 0.05) is 19.1 Å². The molecular weight excluding hydrogens is 240 g/mol. The van der Waals surface area contributed by atoms with Crippen molar-refractivity contribution in [2.24, 2.45) is 0 Å². The first-order chi connectivity index (χ1) is 8.09. The molecule has 0 aliphatic heterocycles. The molecule has 0 radical (unpaired) electrons. The molecule has 3 N–H and O–H groups in total. The topological polar surface area (TPSA) is 70.6 Å². The fraction of sp³-hybridized carbons (Fsp3) is 0.545. The zero-order chi connectivity index (χ0) is 12.7. The average molecular weight is 258 g/mol. The van der Waals surface area contributed by atoms with Crippen molar-refractivity contribution in [1.29, 1.82) is 0 Å². The molecule has 17 heavy (non-hydrogen) atoms. The molecule has 6 heteroatoms. The van der Waals surface area contributed by atoms with Gasteiger partial charge in [-0.25, -0.2) is 4.79 Å². The van der Waals surface area contributed by atoms with E-state index in [2.05, 4.69) is 10.6 Å². The number of hydrogen-bond donors (Lipinski definition) is 3. The second-order valence-corrected chi connectivity index (χ2v) is 4.84. The van der Waals surface area contributed by atoms with E-state index in [4.69, 9.17) is 9.84 Å². The SMILES string of the molecule is COCC(C)(CCO)NC(=O)Nc1ccsc1. The monoisotopic (exact) mass is 258 g/mol. The summed E-state index contributed by atoms with van der Waals surface area (Å²) in [5, 5.41) is 18.2. The van der Waals surface area contributed by atoms with E-state index in [1.165, 1.54) is 11.3 Å². The van der Waals surface area contributed by atoms with Gasteiger partial charge in [0.05, 0.1) is 17.8 Å². The van der Waals surface area contributed by atoms with E-state index in [0.717, 1.165) is 5.69 Å². The molecule has 1 atom stereocenters. The third kappa shape index (κ3) is 4.72. The van der Waals surface area contributed by atoms with Crippen molar-refractivity contribution in [3.05, 3.63) is 16.8 Å². The first-order valence-electron chi connectivity index (χ1n) is 5.31. The molecule has 0 saturated carbocycles. The minimum atomic E-state index is -0.566. The number of carbonyl (C=O) groups is 1. The van der Waals surface area contributed by atoms with Crippen LogP contribution in [0.5, 0.6) is 0 Å². The maximum absolute atomic E-state index is 11.7. The van der Waals surface area contributed by atoms with Crippen LogP contribution >= 0.6 is 11.3 Å². The summed E-state index contributed by atoms with van der Waals surface area (Å²) in [6.07, 6.45) is 0.442. The Morgan fingerprint density at radius 1 is 1.65 bits per heavy atom. The number of urea groups is 1. The van der Waals surface area contributed by atoms with Gasteiger partial charge >= 0.3 is 6.03 Å². The third-order valence-corrected chi connectivity index (χ3v) is 3.00. The van der Waals surface area contributed by atoms with Crippen LogP contribution < -0.4 is 10.6 Å². The van der Waals surface area contributed by atoms with Crippen molar-refractivity contribution in [2.45, 2.75) is 18.9 Å². The number of hydrogen-bond acceptors (Lipinski definition) is 4. The number of methoxy groups -OCH3 is 1. The lowest BCUT2D eigenvalue weighted by molar-refractivity contribution is 0.104. The molecule has 1 aromatic rings. The molecule has 0 fully saturated rings. The van der Waals surface area contributed by atoms with Crippen LogP contribution in [-0.4, -0.2) is 37.0 Å². The van der Waals surface area contributed by atoms with Crippen molar-refractivity contribution in [3.63, 3.8) is 0 Å². The van der Waals surface area contributed by atoms with E-state index in [0.29, 0.717) is 13.0 Å². The standard InChI is InChI=1S/C11H18N2O3S/c1-11(4-5-14,8-16-2)13-10(15)12-9-3-6-17-7-9/h3,6-7,14H,4-5,8H2,1-2H3,(H2,12,13,15). The van der Waals surface area contributed by atoms with Crippen LogP contribution in [0.4, 0.5) is 10.5 Å². The molecule has 1 aromatic heterocycles. The van der Waals surface area contributed by atoms with Gasteiger partial charge in [-0.3, -0.25) is 0 Å². The summed E-state index contributed by atoms with van der Waals surface area (Å²) < 4.78 is 5.04. The van der Waals surface area contributed by atoms with Crippen LogP contribution in [0.2, 0.25) is 0 Å². The largest absolute Gasteiger partial charge is 0.396 e. The predicted molar refractivity (Wildman–Crippen MR) is 68.5 cm³/mol. The highest BCUT2D eigenvalue weighted by Crippen LogP contribution is 2.13. The molecule has 1 unspecified atom stereocenters. The molecule has 0 aromatic carbocycles. The molecule has 0 aliphatic carbocycles. The van der Waals surface area contributed by atoms with Crippen LogP contribution in [0.25, 0.3) is 0 Å². The Kier molecular flexibility index (Phi) is 5.40. The van der Waals surface area contributed by atoms with E-state index in [-0.39, 0.29) is 12.6 Å². The number of carbonyl (C=O) groups excluding carboxylic acids is 1. The second-order valence-electron chi connectivity index (χ2n) is 4.06. The van der Waals surface area contributed by atoms with E-state index in [9.17, 15) is 4.79 Å². The van der Waals surface area contributed by atoms with Crippen LogP contribution in [0.15, 0.2) is 16.8 Å². The fourth-order valence-electron chi connectivity index (χ4n) is 1.51. The number of rotatable bonds is 6. The van der Waals surface area contributed by atoms with Gasteiger partial charge in [-0.05, 0) is 24.8 Å². The number of thiophene rings is 1. The Labute approximate surface area is 105 Å². The molecule has 0 bridgehead atoms. The lowest BCUT2D eigenvalue weighted by Gasteiger charge is -2.29. The van der Waals surface area contributed by atoms with Crippen LogP contribution in [0.1, 0.15) is 13.3 Å². The Morgan fingerprint density at radius 3 is 2.94 bits per heavy atom. The highest BCUT2D eigenvalue weighted by Gasteiger charge is 2.25. The van der Waals surface area contributed by atoms with E-state index in [1.807, 2.05) is 23.8 Å². The van der Waals surface area contributed by atoms with Gasteiger partial charge in [0.1, 0.15) is 0 Å². The van der Waals surface area contributed by atoms with E-state index in [1.54, 1.807) is 7.11 Å². The zero-order valence-corrected chi connectivity index (χ0v) is 10.8. The smallest absolute Gasteiger partial charge is 0.319 e. The maximum atomic E-state index is 11.7. The molecule has 0 saturated heterocycles. The number of ether oxygens (including phenoxy) is 1. The normalized spacial score (nSPS) is 14.1. The van der Waals surface area contributed by atoms with Crippen molar-refractivity contribution in [1.82, 2.24) is 5.32 Å². The fourth-order valence-corrected chi connectivity index (χ4v) is 2.10. The summed E-state index contributed by atoms with van der Waals surface area (Å²) in [5.41, 5.74) is 0.195. The summed E-state index contributed by atoms with van der Waals surface area (Å²) in [6.45, 7) is 2.18. The Hall–Kier alpha value is -1.11. The van der Waals surface area contributed by atoms with Crippen LogP contribution in [0.3, 0.4) is 0 Å². The van der Waals surface area contributed by atoms with E-state index >= 15 is 0 Å². The Bertz CT molecular complexity index is 334. The molecule has 2 amide bonds. The highest BCUT2D eigenvalue weighted by molar-refractivity contribution is 7.08. The number of nitrogens with one attached hydrogen (secondary N) is 2. The van der Waals surface area contributed by atoms with Crippen LogP contribution in [-0.2, 0) is 4.74 Å². The lowest BCUT2D eigenvalue weighted by atomic mass is 10.00. The Balaban J connectivity index is 2.51. The summed E-state index contributed by atoms with van der Waals surface area (Å²) in [6, 6.07) is 1.53. The van der Waals surface area contributed by atoms with Crippen molar-refractivity contribution in [3.8, 4) is 0 Å². The summed E-state index contributed by atoms with van der Waals surface area (Å²) in [4.78, 5) is 11.7. The quantitative estimate of drug-likeness (QED) is 0.726. The molecule has 1 rings (SSSR count). The van der Waals surface area contributed by atoms with Crippen molar-refractivity contribution in [2.75, 3.05) is 25.6 Å². The third-order valence-electron chi connectivity index (χ3n) is 2.32. The maximum Gasteiger partial charge on any atom is 0.319 e. The van der Waals surface area contributed by atoms with Gasteiger partial charge < -0.3 is 20.5 Å². The molecular formula is C11H18N2O3S.